The first-order chi connectivity index (χ1) is 12.4. The molecule has 0 bridgehead atoms. The van der Waals surface area contributed by atoms with Crippen LogP contribution in [-0.4, -0.2) is 33.9 Å². The molecule has 1 fully saturated rings. The van der Waals surface area contributed by atoms with Gasteiger partial charge in [0, 0.05) is 0 Å². The normalized spacial score (nSPS) is 23.0. The van der Waals surface area contributed by atoms with Gasteiger partial charge in [0.25, 0.3) is 0 Å². The molecule has 3 atom stereocenters. The van der Waals surface area contributed by atoms with Crippen molar-refractivity contribution in [2.75, 3.05) is 13.4 Å². The van der Waals surface area contributed by atoms with Crippen molar-refractivity contribution in [3.8, 4) is 5.75 Å². The average Bonchev–Trinajstić information content (AvgIpc) is 2.96. The van der Waals surface area contributed by atoms with Gasteiger partial charge in [-0.05, 0) is 0 Å². The van der Waals surface area contributed by atoms with E-state index in [0.717, 1.165) is 12.2 Å². The minimum absolute atomic E-state index is 0.0831. The fraction of sp³-hybridized carbons (Fsp3) is 0.455. The number of methoxy groups -OCH3 is 1. The van der Waals surface area contributed by atoms with Crippen LogP contribution in [0.1, 0.15) is 49.7 Å². The maximum absolute atomic E-state index is 6.49. The molecule has 2 unspecified atom stereocenters. The van der Waals surface area contributed by atoms with Crippen LogP contribution in [0.25, 0.3) is 0 Å². The molecule has 26 heavy (non-hydrogen) atoms. The number of benzene rings is 2. The van der Waals surface area contributed by atoms with Crippen LogP contribution < -0.4 is 9.20 Å². The first kappa shape index (κ1) is 19.8. The van der Waals surface area contributed by atoms with E-state index in [1.807, 2.05) is 11.8 Å². The van der Waals surface area contributed by atoms with Crippen molar-refractivity contribution in [1.29, 1.82) is 0 Å². The van der Waals surface area contributed by atoms with Crippen molar-refractivity contribution in [2.24, 2.45) is 0 Å². The molecule has 2 nitrogen and oxygen atoms in total. The molecule has 2 aromatic carbocycles. The number of rotatable bonds is 6. The Morgan fingerprint density at radius 1 is 1.15 bits per heavy atom. The van der Waals surface area contributed by atoms with E-state index in [0.29, 0.717) is 10.1 Å². The van der Waals surface area contributed by atoms with E-state index in [1.54, 1.807) is 7.11 Å². The van der Waals surface area contributed by atoms with E-state index in [9.17, 15) is 0 Å². The summed E-state index contributed by atoms with van der Waals surface area (Å²) in [5, 5.41) is 0.465. The van der Waals surface area contributed by atoms with Crippen molar-refractivity contribution >= 4 is 31.2 Å². The van der Waals surface area contributed by atoms with Crippen molar-refractivity contribution in [1.82, 2.24) is 0 Å². The van der Waals surface area contributed by atoms with E-state index >= 15 is 0 Å². The first-order valence-corrected chi connectivity index (χ1v) is 12.2. The number of hydrogen-bond donors (Lipinski definition) is 0. The molecule has 0 aliphatic carbocycles. The summed E-state index contributed by atoms with van der Waals surface area (Å²) in [6, 6.07) is 17.2. The van der Waals surface area contributed by atoms with Crippen LogP contribution >= 0.6 is 11.8 Å². The molecule has 0 spiro atoms. The Bertz CT molecular complexity index is 732. The van der Waals surface area contributed by atoms with Gasteiger partial charge in [-0.3, -0.25) is 0 Å². The van der Waals surface area contributed by atoms with Crippen LogP contribution in [-0.2, 0) is 4.74 Å². The molecule has 1 aliphatic heterocycles. The van der Waals surface area contributed by atoms with Crippen LogP contribution in [0.3, 0.4) is 0 Å². The van der Waals surface area contributed by atoms with Crippen LogP contribution in [0, 0.1) is 0 Å². The Morgan fingerprint density at radius 2 is 1.88 bits per heavy atom. The van der Waals surface area contributed by atoms with E-state index in [2.05, 4.69) is 75.6 Å². The zero-order valence-corrected chi connectivity index (χ0v) is 18.7. The van der Waals surface area contributed by atoms with Gasteiger partial charge in [0.05, 0.1) is 0 Å². The predicted octanol–water partition coefficient (Wildman–Crippen LogP) is 5.18. The molecular formula is C22H28O2SSe. The Hall–Kier alpha value is -0.931. The van der Waals surface area contributed by atoms with Gasteiger partial charge in [-0.1, -0.05) is 0 Å². The van der Waals surface area contributed by atoms with Crippen LogP contribution in [0.15, 0.2) is 48.5 Å². The van der Waals surface area contributed by atoms with E-state index in [4.69, 9.17) is 9.47 Å². The molecular weight excluding hydrogens is 407 g/mol. The zero-order chi connectivity index (χ0) is 18.7. The Labute approximate surface area is 168 Å². The van der Waals surface area contributed by atoms with Crippen molar-refractivity contribution in [3.63, 3.8) is 0 Å². The summed E-state index contributed by atoms with van der Waals surface area (Å²) in [6.45, 7) is 6.71. The van der Waals surface area contributed by atoms with Gasteiger partial charge in [0.1, 0.15) is 0 Å². The van der Waals surface area contributed by atoms with Crippen molar-refractivity contribution in [3.05, 3.63) is 59.7 Å². The number of ether oxygens (including phenoxy) is 2. The van der Waals surface area contributed by atoms with Crippen LogP contribution in [0.2, 0.25) is 4.82 Å². The van der Waals surface area contributed by atoms with Gasteiger partial charge < -0.3 is 0 Å². The topological polar surface area (TPSA) is 18.5 Å². The van der Waals surface area contributed by atoms with Gasteiger partial charge >= 0.3 is 168 Å². The summed E-state index contributed by atoms with van der Waals surface area (Å²) in [6.07, 6.45) is 3.42. The first-order valence-electron chi connectivity index (χ1n) is 9.04. The molecule has 1 saturated heterocycles. The second-order valence-electron chi connectivity index (χ2n) is 7.33. The van der Waals surface area contributed by atoms with Gasteiger partial charge in [-0.15, -0.1) is 0 Å². The Morgan fingerprint density at radius 3 is 2.54 bits per heavy atom. The maximum atomic E-state index is 6.49. The monoisotopic (exact) mass is 436 g/mol. The molecule has 0 radical (unpaired) electrons. The SMILES string of the molecule is COc1cccc([C@H](C)SC)c1[Se]C1CC(C)(C)OC1c1ccccc1. The molecule has 0 saturated carbocycles. The third-order valence-corrected chi connectivity index (χ3v) is 8.77. The van der Waals surface area contributed by atoms with Crippen molar-refractivity contribution < 1.29 is 9.47 Å². The second-order valence-corrected chi connectivity index (χ2v) is 11.1. The third-order valence-electron chi connectivity index (χ3n) is 4.89. The van der Waals surface area contributed by atoms with Crippen molar-refractivity contribution in [2.45, 2.75) is 49.0 Å². The molecule has 2 aromatic rings. The Balaban J connectivity index is 1.96. The van der Waals surface area contributed by atoms with Crippen LogP contribution in [0.5, 0.6) is 5.75 Å². The molecule has 1 aliphatic rings. The van der Waals surface area contributed by atoms with Gasteiger partial charge in [0.15, 0.2) is 0 Å². The van der Waals surface area contributed by atoms with E-state index < -0.39 is 0 Å². The summed E-state index contributed by atoms with van der Waals surface area (Å²) >= 11 is 2.17. The molecule has 3 rings (SSSR count). The molecule has 0 N–H and O–H groups in total. The van der Waals surface area contributed by atoms with Gasteiger partial charge in [-0.25, -0.2) is 0 Å². The van der Waals surface area contributed by atoms with Gasteiger partial charge in [0.2, 0.25) is 0 Å². The molecule has 1 heterocycles. The summed E-state index contributed by atoms with van der Waals surface area (Å²) in [4.78, 5) is 0.504. The van der Waals surface area contributed by atoms with E-state index in [-0.39, 0.29) is 26.7 Å². The predicted molar refractivity (Wildman–Crippen MR) is 113 cm³/mol. The fourth-order valence-corrected chi connectivity index (χ4v) is 7.84. The molecule has 140 valence electrons. The third kappa shape index (κ3) is 4.31. The Kier molecular flexibility index (Phi) is 6.40. The molecule has 0 aromatic heterocycles. The standard InChI is InChI=1S/C22H28O2SSe/c1-15(25-5)17-12-9-13-18(23-4)21(17)26-19-14-22(2,3)24-20(19)16-10-7-6-8-11-16/h6-13,15,19-20H,14H2,1-5H3/t15-,19?,20?/m0/s1. The van der Waals surface area contributed by atoms with Gasteiger partial charge in [-0.2, -0.15) is 0 Å². The van der Waals surface area contributed by atoms with E-state index in [1.165, 1.54) is 15.6 Å². The summed E-state index contributed by atoms with van der Waals surface area (Å²) < 4.78 is 13.6. The molecule has 0 amide bonds. The quantitative estimate of drug-likeness (QED) is 0.583. The number of thioether (sulfide) groups is 1. The summed E-state index contributed by atoms with van der Waals surface area (Å²) in [7, 11) is 1.78. The minimum atomic E-state index is -0.0831. The average molecular weight is 435 g/mol. The summed E-state index contributed by atoms with van der Waals surface area (Å²) in [5.74, 6) is 1.03. The second kappa shape index (κ2) is 8.39. The summed E-state index contributed by atoms with van der Waals surface area (Å²) in [5.41, 5.74) is 2.62. The fourth-order valence-electron chi connectivity index (χ4n) is 3.51. The zero-order valence-electron chi connectivity index (χ0n) is 16.2. The molecule has 4 heteroatoms. The van der Waals surface area contributed by atoms with Crippen LogP contribution in [0.4, 0.5) is 0 Å². The number of hydrogen-bond acceptors (Lipinski definition) is 3.